The summed E-state index contributed by atoms with van der Waals surface area (Å²) in [6, 6.07) is 58.8. The first kappa shape index (κ1) is 70.6. The molecule has 0 aliphatic carbocycles. The fraction of sp³-hybridized carbons (Fsp3) is 0.143. The van der Waals surface area contributed by atoms with Crippen LogP contribution < -0.4 is 9.79 Å². The average molecular weight is 1230 g/mol. The molecule has 0 spiro atoms. The second-order valence-electron chi connectivity index (χ2n) is 15.3. The molecule has 20 nitrogen and oxygen atoms in total. The molecule has 2 radical (unpaired) electrons. The van der Waals surface area contributed by atoms with Crippen LogP contribution in [0.1, 0.15) is 25.0 Å². The predicted molar refractivity (Wildman–Crippen MR) is 301 cm³/mol. The van der Waals surface area contributed by atoms with Gasteiger partial charge in [0.15, 0.2) is 0 Å². The quantitative estimate of drug-likeness (QED) is 0.0422. The van der Waals surface area contributed by atoms with Gasteiger partial charge < -0.3 is 68.8 Å². The second kappa shape index (κ2) is 38.3. The first-order chi connectivity index (χ1) is 37.6. The number of nitrogens with zero attached hydrogens (tertiary/aromatic N) is 6. The van der Waals surface area contributed by atoms with E-state index in [4.69, 9.17) is 49.9 Å². The van der Waals surface area contributed by atoms with Crippen molar-refractivity contribution in [3.63, 3.8) is 0 Å². The van der Waals surface area contributed by atoms with Crippen molar-refractivity contribution in [1.29, 1.82) is 0 Å². The summed E-state index contributed by atoms with van der Waals surface area (Å²) < 4.78 is 34.0. The Morgan fingerprint density at radius 2 is 0.600 bits per heavy atom. The number of rotatable bonds is 10. The Balaban J connectivity index is 0.000000507. The molecule has 2 N–H and O–H groups in total. The molecule has 0 saturated heterocycles. The molecule has 2 atom stereocenters. The van der Waals surface area contributed by atoms with Gasteiger partial charge in [0.25, 0.3) is 0 Å². The third-order valence-electron chi connectivity index (χ3n) is 10.3. The first-order valence-electron chi connectivity index (χ1n) is 23.5. The summed E-state index contributed by atoms with van der Waals surface area (Å²) in [7, 11) is -5.75. The van der Waals surface area contributed by atoms with E-state index in [0.717, 1.165) is 91.2 Å². The molecule has 0 saturated carbocycles. The number of aliphatic hydroxyl groups is 2. The van der Waals surface area contributed by atoms with Crippen LogP contribution in [0.2, 0.25) is 0 Å². The number of hydrogen-bond acceptors (Lipinski definition) is 18. The van der Waals surface area contributed by atoms with E-state index < -0.39 is 25.4 Å². The fourth-order valence-electron chi connectivity index (χ4n) is 7.49. The van der Waals surface area contributed by atoms with Crippen molar-refractivity contribution >= 4 is 58.3 Å². The van der Waals surface area contributed by atoms with Crippen molar-refractivity contribution in [3.8, 4) is 22.8 Å². The molecule has 0 aliphatic heterocycles. The zero-order valence-electron chi connectivity index (χ0n) is 43.4. The van der Waals surface area contributed by atoms with E-state index >= 15 is 0 Å². The number of pyridine rings is 4. The van der Waals surface area contributed by atoms with Crippen molar-refractivity contribution < 1.29 is 82.5 Å². The van der Waals surface area contributed by atoms with E-state index in [0.29, 0.717) is 0 Å². The van der Waals surface area contributed by atoms with Crippen LogP contribution in [0.15, 0.2) is 207 Å². The van der Waals surface area contributed by atoms with Crippen LogP contribution in [0, 0.1) is 30.6 Å². The first-order valence-corrected chi connectivity index (χ1v) is 26.9. The van der Waals surface area contributed by atoms with Gasteiger partial charge in [-0.15, -0.1) is 0 Å². The van der Waals surface area contributed by atoms with Gasteiger partial charge >= 0.3 is 34.1 Å². The monoisotopic (exact) mass is 1220 g/mol. The minimum absolute atomic E-state index is 0. The summed E-state index contributed by atoms with van der Waals surface area (Å²) in [6.45, 7) is 3.71. The van der Waals surface area contributed by atoms with Crippen LogP contribution in [0.3, 0.4) is 0 Å². The van der Waals surface area contributed by atoms with E-state index in [-0.39, 0.29) is 59.7 Å². The molecule has 0 fully saturated rings. The maximum Gasteiger partial charge on any atom is 2.00 e. The minimum Gasteiger partial charge on any atom is -0.778 e. The van der Waals surface area contributed by atoms with Gasteiger partial charge in [-0.25, -0.2) is 0 Å². The van der Waals surface area contributed by atoms with Gasteiger partial charge in [0.2, 0.25) is 0 Å². The van der Waals surface area contributed by atoms with Crippen molar-refractivity contribution in [1.82, 2.24) is 19.9 Å². The van der Waals surface area contributed by atoms with Crippen LogP contribution in [0.25, 0.3) is 65.9 Å². The SMILES string of the molecule is CCOP(=O)([O-])Cc1c2ccccc2cc2ccccc12.CCOP(=O)([O-])Cc1c2ccccc2cc2ccccc12.CO.CO.O=[N+]([O-])[O-].O=[N+]([O-])[O-].[Cu+2].[Cu+2].c1ccc(-c2ccccn2)nc1.c1ccc(-c2ccccn2)nc1. The van der Waals surface area contributed by atoms with Crippen LogP contribution in [0.5, 0.6) is 0 Å². The molecule has 10 aromatic rings. The average Bonchev–Trinajstić information content (AvgIpc) is 3.49. The van der Waals surface area contributed by atoms with E-state index in [1.165, 1.54) is 0 Å². The molecular weight excluding hydrogens is 1170 g/mol. The maximum atomic E-state index is 12.1. The molecule has 0 amide bonds. The van der Waals surface area contributed by atoms with Crippen LogP contribution in [-0.4, -0.2) is 67.8 Å². The molecule has 6 aromatic carbocycles. The van der Waals surface area contributed by atoms with E-state index in [1.807, 2.05) is 170 Å². The Morgan fingerprint density at radius 1 is 0.400 bits per heavy atom. The standard InChI is InChI=1S/2C17H17O3P.2C10H8N2.2CH4O.2Cu.2NO3/c2*1-2-20-21(18,19)12-17-15-9-5-3-7-13(15)11-14-8-4-6-10-16(14)17;2*1-3-7-11-9(5-1)10-6-2-4-8-12-10;2*1-2;;;2*2-1(3)4/h2*3-11H,2,12H2,1H3,(H,18,19);2*1-8H;2*2H,1H3;;;;/q;;;;;;2*+2;2*-1/p-2. The summed E-state index contributed by atoms with van der Waals surface area (Å²) in [5, 5.41) is 51.5. The van der Waals surface area contributed by atoms with Crippen LogP contribution in [0.4, 0.5) is 0 Å². The minimum atomic E-state index is -3.87. The summed E-state index contributed by atoms with van der Waals surface area (Å²) >= 11 is 0. The third-order valence-corrected chi connectivity index (χ3v) is 13.0. The smallest absolute Gasteiger partial charge is 0.778 e. The summed E-state index contributed by atoms with van der Waals surface area (Å²) in [5.74, 6) is 0. The molecular formula is C56H56Cu2N6O14P2. The van der Waals surface area contributed by atoms with Gasteiger partial charge in [-0.1, -0.05) is 121 Å². The Kier molecular flexibility index (Phi) is 33.8. The van der Waals surface area contributed by atoms with Gasteiger partial charge in [0.1, 0.15) is 15.2 Å². The normalized spacial score (nSPS) is 11.2. The van der Waals surface area contributed by atoms with Crippen molar-refractivity contribution in [2.75, 3.05) is 27.4 Å². The molecule has 426 valence electrons. The number of aromatic nitrogens is 4. The van der Waals surface area contributed by atoms with E-state index in [1.54, 1.807) is 38.6 Å². The Hall–Kier alpha value is -7.38. The van der Waals surface area contributed by atoms with Gasteiger partial charge in [-0.3, -0.25) is 19.9 Å². The Labute approximate surface area is 483 Å². The zero-order valence-corrected chi connectivity index (χ0v) is 47.1. The summed E-state index contributed by atoms with van der Waals surface area (Å²) in [4.78, 5) is 57.4. The maximum absolute atomic E-state index is 12.1. The van der Waals surface area contributed by atoms with Crippen molar-refractivity contribution in [2.45, 2.75) is 26.2 Å². The molecule has 2 unspecified atom stereocenters. The van der Waals surface area contributed by atoms with Gasteiger partial charge in [-0.05, 0) is 129 Å². The van der Waals surface area contributed by atoms with Crippen molar-refractivity contribution in [3.05, 3.63) is 249 Å². The van der Waals surface area contributed by atoms with E-state index in [9.17, 15) is 18.9 Å². The molecule has 24 heteroatoms. The zero-order chi connectivity index (χ0) is 57.4. The molecule has 0 bridgehead atoms. The number of hydrogen-bond donors (Lipinski definition) is 2. The topological polar surface area (TPSA) is 323 Å². The largest absolute Gasteiger partial charge is 2.00 e. The van der Waals surface area contributed by atoms with Gasteiger partial charge in [0.05, 0.1) is 46.2 Å². The van der Waals surface area contributed by atoms with Crippen LogP contribution >= 0.6 is 15.2 Å². The molecule has 4 heterocycles. The van der Waals surface area contributed by atoms with Gasteiger partial charge in [0, 0.05) is 51.3 Å². The Bertz CT molecular complexity index is 3060. The molecule has 80 heavy (non-hydrogen) atoms. The number of benzene rings is 6. The van der Waals surface area contributed by atoms with E-state index in [2.05, 4.69) is 32.1 Å². The van der Waals surface area contributed by atoms with Gasteiger partial charge in [-0.2, -0.15) is 0 Å². The molecule has 4 aromatic heterocycles. The Morgan fingerprint density at radius 3 is 0.787 bits per heavy atom. The number of aliphatic hydroxyl groups excluding tert-OH is 2. The van der Waals surface area contributed by atoms with Crippen molar-refractivity contribution in [2.24, 2.45) is 0 Å². The number of fused-ring (bicyclic) bond motifs is 4. The fourth-order valence-corrected chi connectivity index (χ4v) is 9.91. The second-order valence-corrected chi connectivity index (χ2v) is 18.9. The summed E-state index contributed by atoms with van der Waals surface area (Å²) in [5.41, 5.74) is 5.29. The molecule has 0 aliphatic rings. The summed E-state index contributed by atoms with van der Waals surface area (Å²) in [6.07, 6.45) is 6.91. The van der Waals surface area contributed by atoms with Crippen LogP contribution in [-0.2, 0) is 64.6 Å². The molecule has 10 rings (SSSR count). The third kappa shape index (κ3) is 24.3. The predicted octanol–water partition coefficient (Wildman–Crippen LogP) is 11.2.